The molecule has 0 unspecified atom stereocenters. The van der Waals surface area contributed by atoms with Crippen LogP contribution in [0.25, 0.3) is 10.9 Å². The summed E-state index contributed by atoms with van der Waals surface area (Å²) in [6.07, 6.45) is 3.83. The molecule has 4 nitrogen and oxygen atoms in total. The predicted molar refractivity (Wildman–Crippen MR) is 105 cm³/mol. The number of thiazole rings is 1. The lowest BCUT2D eigenvalue weighted by molar-refractivity contribution is 0.810. The highest BCUT2D eigenvalue weighted by Crippen LogP contribution is 2.17. The van der Waals surface area contributed by atoms with Crippen molar-refractivity contribution in [2.24, 2.45) is 10.1 Å². The fraction of sp³-hybridized carbons (Fsp3) is 0.0526. The molecule has 2 aromatic heterocycles. The first kappa shape index (κ1) is 15.9. The summed E-state index contributed by atoms with van der Waals surface area (Å²) in [7, 11) is 0. The minimum absolute atomic E-state index is 0.701. The normalized spacial score (nSPS) is 12.5. The maximum atomic E-state index is 5.93. The van der Waals surface area contributed by atoms with E-state index in [2.05, 4.69) is 27.2 Å². The monoisotopic (exact) mass is 366 g/mol. The van der Waals surface area contributed by atoms with Gasteiger partial charge in [-0.1, -0.05) is 29.8 Å². The van der Waals surface area contributed by atoms with Crippen molar-refractivity contribution in [1.29, 1.82) is 0 Å². The van der Waals surface area contributed by atoms with Crippen molar-refractivity contribution in [3.63, 3.8) is 0 Å². The highest BCUT2D eigenvalue weighted by molar-refractivity contribution is 7.07. The summed E-state index contributed by atoms with van der Waals surface area (Å²) in [4.78, 5) is 8.74. The first-order valence-corrected chi connectivity index (χ1v) is 9.04. The number of hydrogen-bond donors (Lipinski definition) is 1. The van der Waals surface area contributed by atoms with Crippen LogP contribution in [0.1, 0.15) is 11.3 Å². The van der Waals surface area contributed by atoms with Gasteiger partial charge in [-0.05, 0) is 37.3 Å². The quantitative estimate of drug-likeness (QED) is 0.490. The fourth-order valence-corrected chi connectivity index (χ4v) is 3.50. The topological polar surface area (TPSA) is 45.4 Å². The fourth-order valence-electron chi connectivity index (χ4n) is 2.55. The molecule has 0 saturated carbocycles. The van der Waals surface area contributed by atoms with Gasteiger partial charge in [0, 0.05) is 33.1 Å². The average Bonchev–Trinajstić information content (AvgIpc) is 3.19. The molecule has 2 heterocycles. The lowest BCUT2D eigenvalue weighted by Gasteiger charge is -1.98. The van der Waals surface area contributed by atoms with Crippen LogP contribution in [0, 0.1) is 6.92 Å². The molecule has 2 aromatic carbocycles. The Labute approximate surface area is 153 Å². The van der Waals surface area contributed by atoms with Crippen LogP contribution in [-0.2, 0) is 0 Å². The van der Waals surface area contributed by atoms with Crippen LogP contribution in [0.4, 0.5) is 5.69 Å². The molecule has 0 aliphatic rings. The summed E-state index contributed by atoms with van der Waals surface area (Å²) in [5, 5.41) is 8.53. The molecule has 0 amide bonds. The van der Waals surface area contributed by atoms with Gasteiger partial charge in [-0.2, -0.15) is 5.10 Å². The van der Waals surface area contributed by atoms with Crippen molar-refractivity contribution in [3.8, 4) is 0 Å². The molecular weight excluding hydrogens is 352 g/mol. The van der Waals surface area contributed by atoms with E-state index < -0.39 is 0 Å². The van der Waals surface area contributed by atoms with E-state index in [1.54, 1.807) is 11.3 Å². The summed E-state index contributed by atoms with van der Waals surface area (Å²) >= 11 is 7.49. The van der Waals surface area contributed by atoms with Gasteiger partial charge < -0.3 is 4.98 Å². The molecule has 0 radical (unpaired) electrons. The van der Waals surface area contributed by atoms with E-state index in [1.165, 1.54) is 0 Å². The van der Waals surface area contributed by atoms with Crippen molar-refractivity contribution in [2.45, 2.75) is 6.92 Å². The van der Waals surface area contributed by atoms with Gasteiger partial charge in [-0.3, -0.25) is 0 Å². The maximum absolute atomic E-state index is 5.93. The van der Waals surface area contributed by atoms with Crippen molar-refractivity contribution in [3.05, 3.63) is 81.2 Å². The number of fused-ring (bicyclic) bond motifs is 1. The Balaban J connectivity index is 1.74. The van der Waals surface area contributed by atoms with Gasteiger partial charge in [-0.15, -0.1) is 11.3 Å². The van der Waals surface area contributed by atoms with Gasteiger partial charge in [0.15, 0.2) is 0 Å². The molecule has 25 heavy (non-hydrogen) atoms. The lowest BCUT2D eigenvalue weighted by Crippen LogP contribution is -2.11. The molecule has 124 valence electrons. The van der Waals surface area contributed by atoms with E-state index in [0.717, 1.165) is 32.6 Å². The van der Waals surface area contributed by atoms with Crippen LogP contribution in [-0.4, -0.2) is 15.9 Å². The van der Waals surface area contributed by atoms with Crippen LogP contribution in [0.3, 0.4) is 0 Å². The molecule has 0 aliphatic heterocycles. The van der Waals surface area contributed by atoms with Crippen molar-refractivity contribution < 1.29 is 0 Å². The number of aromatic nitrogens is 2. The number of halogens is 1. The molecule has 0 spiro atoms. The number of rotatable bonds is 3. The Morgan fingerprint density at radius 2 is 1.92 bits per heavy atom. The highest BCUT2D eigenvalue weighted by atomic mass is 35.5. The zero-order valence-corrected chi connectivity index (χ0v) is 15.1. The first-order chi connectivity index (χ1) is 12.2. The molecule has 0 atom stereocenters. The zero-order valence-electron chi connectivity index (χ0n) is 13.5. The second kappa shape index (κ2) is 6.70. The smallest absolute Gasteiger partial charge is 0.211 e. The molecule has 0 fully saturated rings. The van der Waals surface area contributed by atoms with E-state index in [4.69, 9.17) is 11.6 Å². The third-order valence-corrected chi connectivity index (χ3v) is 5.02. The van der Waals surface area contributed by atoms with Crippen LogP contribution >= 0.6 is 22.9 Å². The van der Waals surface area contributed by atoms with E-state index in [9.17, 15) is 0 Å². The van der Waals surface area contributed by atoms with Crippen LogP contribution < -0.4 is 4.80 Å². The lowest BCUT2D eigenvalue weighted by atomic mass is 10.2. The number of nitrogens with one attached hydrogen (secondary N) is 1. The average molecular weight is 367 g/mol. The van der Waals surface area contributed by atoms with Crippen molar-refractivity contribution in [2.75, 3.05) is 0 Å². The molecular formula is C19H15ClN4S. The Bertz CT molecular complexity index is 1120. The Morgan fingerprint density at radius 3 is 2.76 bits per heavy atom. The number of para-hydroxylation sites is 1. The molecule has 1 N–H and O–H groups in total. The van der Waals surface area contributed by atoms with Gasteiger partial charge >= 0.3 is 0 Å². The third kappa shape index (κ3) is 3.29. The summed E-state index contributed by atoms with van der Waals surface area (Å²) in [6.45, 7) is 2.02. The van der Waals surface area contributed by atoms with E-state index in [1.807, 2.05) is 65.8 Å². The van der Waals surface area contributed by atoms with E-state index in [0.29, 0.717) is 5.02 Å². The predicted octanol–water partition coefficient (Wildman–Crippen LogP) is 5.11. The highest BCUT2D eigenvalue weighted by Gasteiger charge is 2.02. The van der Waals surface area contributed by atoms with Crippen LogP contribution in [0.15, 0.2) is 70.2 Å². The van der Waals surface area contributed by atoms with E-state index >= 15 is 0 Å². The number of nitrogens with zero attached hydrogens (tertiary/aromatic N) is 3. The molecule has 6 heteroatoms. The number of benzene rings is 2. The van der Waals surface area contributed by atoms with Gasteiger partial charge in [0.2, 0.25) is 4.80 Å². The maximum Gasteiger partial charge on any atom is 0.211 e. The molecule has 4 aromatic rings. The Kier molecular flexibility index (Phi) is 4.26. The van der Waals surface area contributed by atoms with Crippen molar-refractivity contribution in [1.82, 2.24) is 9.66 Å². The van der Waals surface area contributed by atoms with Crippen LogP contribution in [0.2, 0.25) is 5.02 Å². The summed E-state index contributed by atoms with van der Waals surface area (Å²) in [5.41, 5.74) is 4.03. The van der Waals surface area contributed by atoms with Crippen LogP contribution in [0.5, 0.6) is 0 Å². The third-order valence-electron chi connectivity index (χ3n) is 3.84. The van der Waals surface area contributed by atoms with Crippen molar-refractivity contribution >= 4 is 45.7 Å². The SMILES string of the molecule is Cc1csc(=Nc2ccc(Cl)cc2)n1N=Cc1c[nH]c2ccccc12. The summed E-state index contributed by atoms with van der Waals surface area (Å²) in [5.74, 6) is 0. The Morgan fingerprint density at radius 1 is 1.12 bits per heavy atom. The van der Waals surface area contributed by atoms with E-state index in [-0.39, 0.29) is 0 Å². The minimum atomic E-state index is 0.701. The number of aromatic amines is 1. The summed E-state index contributed by atoms with van der Waals surface area (Å²) < 4.78 is 1.85. The Hall–Kier alpha value is -2.63. The number of hydrogen-bond acceptors (Lipinski definition) is 3. The second-order valence-corrected chi connectivity index (χ2v) is 6.87. The van der Waals surface area contributed by atoms with Gasteiger partial charge in [0.1, 0.15) is 0 Å². The van der Waals surface area contributed by atoms with Gasteiger partial charge in [0.25, 0.3) is 0 Å². The molecule has 0 bridgehead atoms. The molecule has 0 aliphatic carbocycles. The van der Waals surface area contributed by atoms with Gasteiger partial charge in [0.05, 0.1) is 17.6 Å². The number of aryl methyl sites for hydroxylation is 1. The molecule has 4 rings (SSSR count). The first-order valence-electron chi connectivity index (χ1n) is 7.78. The molecule has 0 saturated heterocycles. The standard InChI is InChI=1S/C19H15ClN4S/c1-13-12-25-19(23-16-8-6-15(20)7-9-16)24(13)22-11-14-10-21-18-5-3-2-4-17(14)18/h2-12,21H,1H3. The second-order valence-electron chi connectivity index (χ2n) is 5.59. The largest absolute Gasteiger partial charge is 0.361 e. The van der Waals surface area contributed by atoms with Gasteiger partial charge in [-0.25, -0.2) is 9.67 Å². The summed E-state index contributed by atoms with van der Waals surface area (Å²) in [6, 6.07) is 15.6. The zero-order chi connectivity index (χ0) is 17.2. The minimum Gasteiger partial charge on any atom is -0.361 e. The number of H-pyrrole nitrogens is 1.